The Morgan fingerprint density at radius 3 is 2.69 bits per heavy atom. The zero-order valence-electron chi connectivity index (χ0n) is 15.0. The van der Waals surface area contributed by atoms with Crippen molar-refractivity contribution >= 4 is 0 Å². The number of pyridine rings is 1. The molecule has 5 nitrogen and oxygen atoms in total. The summed E-state index contributed by atoms with van der Waals surface area (Å²) in [6.07, 6.45) is 3.36. The number of para-hydroxylation sites is 1. The van der Waals surface area contributed by atoms with E-state index in [4.69, 9.17) is 4.74 Å². The van der Waals surface area contributed by atoms with Crippen molar-refractivity contribution in [3.05, 3.63) is 70.0 Å². The molecule has 1 aromatic carbocycles. The molecule has 134 valence electrons. The maximum Gasteiger partial charge on any atom is 0.322 e. The van der Waals surface area contributed by atoms with Gasteiger partial charge < -0.3 is 9.30 Å². The van der Waals surface area contributed by atoms with Gasteiger partial charge in [-0.1, -0.05) is 25.5 Å². The lowest BCUT2D eigenvalue weighted by Crippen LogP contribution is -2.14. The summed E-state index contributed by atoms with van der Waals surface area (Å²) in [5, 5.41) is 0. The van der Waals surface area contributed by atoms with Crippen molar-refractivity contribution in [3.8, 4) is 23.0 Å². The van der Waals surface area contributed by atoms with Gasteiger partial charge in [-0.05, 0) is 37.1 Å². The van der Waals surface area contributed by atoms with Gasteiger partial charge in [-0.15, -0.1) is 0 Å². The number of benzene rings is 1. The van der Waals surface area contributed by atoms with Gasteiger partial charge in [0, 0.05) is 30.6 Å². The molecule has 0 fully saturated rings. The van der Waals surface area contributed by atoms with Crippen LogP contribution in [0, 0.1) is 12.7 Å². The molecule has 0 atom stereocenters. The van der Waals surface area contributed by atoms with E-state index in [1.54, 1.807) is 38.4 Å². The topological polar surface area (TPSA) is 57.0 Å². The van der Waals surface area contributed by atoms with E-state index in [2.05, 4.69) is 16.9 Å². The van der Waals surface area contributed by atoms with Gasteiger partial charge >= 0.3 is 6.01 Å². The maximum absolute atomic E-state index is 14.1. The lowest BCUT2D eigenvalue weighted by molar-refractivity contribution is 0.406. The Bertz CT molecular complexity index is 978. The van der Waals surface area contributed by atoms with Crippen molar-refractivity contribution in [3.63, 3.8) is 0 Å². The zero-order chi connectivity index (χ0) is 18.7. The minimum Gasteiger partial charge on any atom is -0.421 e. The van der Waals surface area contributed by atoms with Crippen molar-refractivity contribution in [1.29, 1.82) is 0 Å². The summed E-state index contributed by atoms with van der Waals surface area (Å²) in [7, 11) is 1.68. The molecule has 0 radical (unpaired) electrons. The molecule has 0 aliphatic rings. The van der Waals surface area contributed by atoms with E-state index < -0.39 is 5.82 Å². The summed E-state index contributed by atoms with van der Waals surface area (Å²) >= 11 is 0. The Hall–Kier alpha value is -3.02. The Labute approximate surface area is 151 Å². The van der Waals surface area contributed by atoms with Crippen molar-refractivity contribution in [1.82, 2.24) is 14.5 Å². The number of aryl methyl sites for hydroxylation is 3. The van der Waals surface area contributed by atoms with Gasteiger partial charge in [0.25, 0.3) is 0 Å². The second-order valence-corrected chi connectivity index (χ2v) is 6.13. The van der Waals surface area contributed by atoms with E-state index in [9.17, 15) is 9.18 Å². The fraction of sp³-hybridized carbons (Fsp3) is 0.250. The molecule has 2 heterocycles. The quantitative estimate of drug-likeness (QED) is 0.695. The SMILES string of the molecule is CCCc1cc(-c2ccc(=O)n(C)c2)nc(Oc2c(C)cccc2F)n1. The summed E-state index contributed by atoms with van der Waals surface area (Å²) in [5.74, 6) is -0.342. The van der Waals surface area contributed by atoms with Crippen LogP contribution >= 0.6 is 0 Å². The molecule has 0 aliphatic carbocycles. The van der Waals surface area contributed by atoms with Crippen LogP contribution in [-0.2, 0) is 13.5 Å². The standard InChI is InChI=1S/C20H20FN3O2/c1-4-6-15-11-17(14-9-10-18(25)24(3)12-14)23-20(22-15)26-19-13(2)7-5-8-16(19)21/h5,7-12H,4,6H2,1-3H3. The number of aromatic nitrogens is 3. The second-order valence-electron chi connectivity index (χ2n) is 6.13. The number of hydrogen-bond donors (Lipinski definition) is 0. The lowest BCUT2D eigenvalue weighted by atomic mass is 10.1. The van der Waals surface area contributed by atoms with Crippen LogP contribution in [0.1, 0.15) is 24.6 Å². The summed E-state index contributed by atoms with van der Waals surface area (Å²) in [5.41, 5.74) is 2.76. The van der Waals surface area contributed by atoms with Gasteiger partial charge in [0.05, 0.1) is 5.69 Å². The summed E-state index contributed by atoms with van der Waals surface area (Å²) in [6, 6.07) is 9.88. The highest BCUT2D eigenvalue weighted by molar-refractivity contribution is 5.58. The first-order valence-corrected chi connectivity index (χ1v) is 8.46. The van der Waals surface area contributed by atoms with Crippen LogP contribution in [-0.4, -0.2) is 14.5 Å². The monoisotopic (exact) mass is 353 g/mol. The molecule has 0 spiro atoms. The van der Waals surface area contributed by atoms with Crippen LogP contribution < -0.4 is 10.3 Å². The first-order valence-electron chi connectivity index (χ1n) is 8.46. The molecular weight excluding hydrogens is 333 g/mol. The van der Waals surface area contributed by atoms with Crippen molar-refractivity contribution in [2.45, 2.75) is 26.7 Å². The number of ether oxygens (including phenoxy) is 1. The normalized spacial score (nSPS) is 10.8. The van der Waals surface area contributed by atoms with E-state index in [1.165, 1.54) is 16.7 Å². The third-order valence-corrected chi connectivity index (χ3v) is 4.00. The van der Waals surface area contributed by atoms with Crippen molar-refractivity contribution in [2.24, 2.45) is 7.05 Å². The predicted octanol–water partition coefficient (Wildman–Crippen LogP) is 4.03. The number of nitrogens with zero attached hydrogens (tertiary/aromatic N) is 3. The van der Waals surface area contributed by atoms with E-state index in [1.807, 2.05) is 6.07 Å². The highest BCUT2D eigenvalue weighted by Gasteiger charge is 2.13. The van der Waals surface area contributed by atoms with Gasteiger partial charge in [-0.3, -0.25) is 4.79 Å². The molecule has 0 saturated heterocycles. The largest absolute Gasteiger partial charge is 0.421 e. The molecule has 3 aromatic rings. The van der Waals surface area contributed by atoms with Crippen molar-refractivity contribution in [2.75, 3.05) is 0 Å². The molecule has 0 unspecified atom stereocenters. The summed E-state index contributed by atoms with van der Waals surface area (Å²) < 4.78 is 21.2. The molecular formula is C20H20FN3O2. The molecule has 0 saturated carbocycles. The first kappa shape index (κ1) is 17.8. The lowest BCUT2D eigenvalue weighted by Gasteiger charge is -2.11. The van der Waals surface area contributed by atoms with Gasteiger partial charge in [0.2, 0.25) is 5.56 Å². The van der Waals surface area contributed by atoms with Gasteiger partial charge in [-0.2, -0.15) is 9.97 Å². The molecule has 0 N–H and O–H groups in total. The van der Waals surface area contributed by atoms with Crippen LogP contribution in [0.3, 0.4) is 0 Å². The average molecular weight is 353 g/mol. The minimum absolute atomic E-state index is 0.0907. The van der Waals surface area contributed by atoms with Crippen molar-refractivity contribution < 1.29 is 9.13 Å². The van der Waals surface area contributed by atoms with E-state index in [0.717, 1.165) is 24.1 Å². The molecule has 2 aromatic heterocycles. The highest BCUT2D eigenvalue weighted by Crippen LogP contribution is 2.28. The van der Waals surface area contributed by atoms with Crippen LogP contribution in [0.15, 0.2) is 47.4 Å². The minimum atomic E-state index is -0.460. The van der Waals surface area contributed by atoms with E-state index in [-0.39, 0.29) is 17.3 Å². The molecule has 0 aliphatic heterocycles. The fourth-order valence-corrected chi connectivity index (χ4v) is 2.63. The molecule has 0 amide bonds. The molecule has 3 rings (SSSR count). The highest BCUT2D eigenvalue weighted by atomic mass is 19.1. The Morgan fingerprint density at radius 2 is 2.00 bits per heavy atom. The van der Waals surface area contributed by atoms with E-state index >= 15 is 0 Å². The smallest absolute Gasteiger partial charge is 0.322 e. The Morgan fingerprint density at radius 1 is 1.19 bits per heavy atom. The fourth-order valence-electron chi connectivity index (χ4n) is 2.63. The van der Waals surface area contributed by atoms with Crippen LogP contribution in [0.4, 0.5) is 4.39 Å². The predicted molar refractivity (Wildman–Crippen MR) is 97.9 cm³/mol. The summed E-state index contributed by atoms with van der Waals surface area (Å²) in [6.45, 7) is 3.82. The van der Waals surface area contributed by atoms with Gasteiger partial charge in [0.1, 0.15) is 0 Å². The van der Waals surface area contributed by atoms with Gasteiger partial charge in [0.15, 0.2) is 11.6 Å². The molecule has 0 bridgehead atoms. The number of halogens is 1. The zero-order valence-corrected chi connectivity index (χ0v) is 15.0. The second kappa shape index (κ2) is 7.47. The van der Waals surface area contributed by atoms with Crippen LogP contribution in [0.25, 0.3) is 11.3 Å². The average Bonchev–Trinajstić information content (AvgIpc) is 2.61. The third-order valence-electron chi connectivity index (χ3n) is 4.00. The van der Waals surface area contributed by atoms with Gasteiger partial charge in [-0.25, -0.2) is 4.39 Å². The maximum atomic E-state index is 14.1. The van der Waals surface area contributed by atoms with Crippen LogP contribution in [0.5, 0.6) is 11.8 Å². The molecule has 6 heteroatoms. The van der Waals surface area contributed by atoms with E-state index in [0.29, 0.717) is 11.3 Å². The van der Waals surface area contributed by atoms with Crippen LogP contribution in [0.2, 0.25) is 0 Å². The number of rotatable bonds is 5. The Balaban J connectivity index is 2.06. The summed E-state index contributed by atoms with van der Waals surface area (Å²) in [4.78, 5) is 20.4. The Kier molecular flexibility index (Phi) is 5.11. The molecule has 26 heavy (non-hydrogen) atoms. The third kappa shape index (κ3) is 3.79. The number of hydrogen-bond acceptors (Lipinski definition) is 4. The first-order chi connectivity index (χ1) is 12.5.